The Bertz CT molecular complexity index is 304. The van der Waals surface area contributed by atoms with Crippen LogP contribution in [-0.2, 0) is 0 Å². The summed E-state index contributed by atoms with van der Waals surface area (Å²) in [4.78, 5) is 16.2. The Hall–Kier alpha value is -1.29. The first-order valence-electron chi connectivity index (χ1n) is 4.51. The minimum Gasteiger partial charge on any atom is -0.394 e. The van der Waals surface area contributed by atoms with Crippen LogP contribution in [0.1, 0.15) is 24.3 Å². The van der Waals surface area contributed by atoms with Gasteiger partial charge in [0.05, 0.1) is 12.1 Å². The van der Waals surface area contributed by atoms with Crippen molar-refractivity contribution >= 4 is 5.91 Å². The first kappa shape index (κ1) is 10.8. The Morgan fingerprint density at radius 2 is 2.29 bits per heavy atom. The van der Waals surface area contributed by atoms with Gasteiger partial charge in [0.25, 0.3) is 5.91 Å². The zero-order valence-corrected chi connectivity index (χ0v) is 8.74. The van der Waals surface area contributed by atoms with Gasteiger partial charge in [0.15, 0.2) is 0 Å². The molecule has 4 nitrogen and oxygen atoms in total. The van der Waals surface area contributed by atoms with Gasteiger partial charge in [-0.1, -0.05) is 0 Å². The molecule has 14 heavy (non-hydrogen) atoms. The third kappa shape index (κ3) is 1.96. The van der Waals surface area contributed by atoms with Crippen LogP contribution in [0.5, 0.6) is 0 Å². The molecule has 0 aliphatic heterocycles. The highest BCUT2D eigenvalue weighted by molar-refractivity contribution is 5.92. The molecule has 78 valence electrons. The molecule has 0 radical (unpaired) electrons. The second-order valence-electron chi connectivity index (χ2n) is 3.92. The van der Waals surface area contributed by atoms with E-state index in [2.05, 4.69) is 4.98 Å². The predicted octanol–water partition coefficient (Wildman–Crippen LogP) is 0.858. The van der Waals surface area contributed by atoms with Gasteiger partial charge in [-0.15, -0.1) is 0 Å². The van der Waals surface area contributed by atoms with E-state index in [1.807, 2.05) is 13.8 Å². The molecule has 1 amide bonds. The average molecular weight is 196 g/mol. The number of aromatic amines is 1. The van der Waals surface area contributed by atoms with Crippen molar-refractivity contribution in [1.29, 1.82) is 0 Å². The van der Waals surface area contributed by atoms with Crippen molar-refractivity contribution in [1.82, 2.24) is 9.88 Å². The smallest absolute Gasteiger partial charge is 0.270 e. The monoisotopic (exact) mass is 196 g/mol. The third-order valence-electron chi connectivity index (χ3n) is 2.43. The molecule has 0 saturated heterocycles. The van der Waals surface area contributed by atoms with E-state index in [9.17, 15) is 4.79 Å². The van der Waals surface area contributed by atoms with E-state index in [0.717, 1.165) is 0 Å². The Morgan fingerprint density at radius 1 is 1.64 bits per heavy atom. The lowest BCUT2D eigenvalue weighted by atomic mass is 10.0. The lowest BCUT2D eigenvalue weighted by Crippen LogP contribution is -2.47. The molecule has 1 heterocycles. The number of nitrogens with one attached hydrogen (secondary N) is 1. The Balaban J connectivity index is 2.81. The number of carbonyl (C=O) groups excluding carboxylic acids is 1. The van der Waals surface area contributed by atoms with E-state index in [0.29, 0.717) is 5.69 Å². The second kappa shape index (κ2) is 3.84. The molecule has 0 fully saturated rings. The molecule has 4 heteroatoms. The van der Waals surface area contributed by atoms with E-state index >= 15 is 0 Å². The normalized spacial score (nSPS) is 11.4. The summed E-state index contributed by atoms with van der Waals surface area (Å²) in [6.45, 7) is 3.57. The van der Waals surface area contributed by atoms with Crippen molar-refractivity contribution in [2.45, 2.75) is 19.4 Å². The van der Waals surface area contributed by atoms with Gasteiger partial charge >= 0.3 is 0 Å². The van der Waals surface area contributed by atoms with E-state index in [-0.39, 0.29) is 12.5 Å². The van der Waals surface area contributed by atoms with Crippen LogP contribution in [0.15, 0.2) is 18.3 Å². The molecular weight excluding hydrogens is 180 g/mol. The summed E-state index contributed by atoms with van der Waals surface area (Å²) in [6.07, 6.45) is 1.70. The van der Waals surface area contributed by atoms with Crippen LogP contribution in [0, 0.1) is 0 Å². The van der Waals surface area contributed by atoms with Gasteiger partial charge in [0.1, 0.15) is 5.69 Å². The van der Waals surface area contributed by atoms with Crippen LogP contribution in [0.3, 0.4) is 0 Å². The van der Waals surface area contributed by atoms with Gasteiger partial charge in [0.2, 0.25) is 0 Å². The highest BCUT2D eigenvalue weighted by Gasteiger charge is 2.27. The van der Waals surface area contributed by atoms with Crippen molar-refractivity contribution < 1.29 is 9.90 Å². The third-order valence-corrected chi connectivity index (χ3v) is 2.43. The van der Waals surface area contributed by atoms with Gasteiger partial charge in [-0.05, 0) is 26.0 Å². The van der Waals surface area contributed by atoms with Gasteiger partial charge in [0, 0.05) is 13.2 Å². The Labute approximate surface area is 83.5 Å². The molecule has 1 aromatic rings. The number of aromatic nitrogens is 1. The van der Waals surface area contributed by atoms with Crippen molar-refractivity contribution in [3.63, 3.8) is 0 Å². The Morgan fingerprint density at radius 3 is 2.71 bits per heavy atom. The minimum absolute atomic E-state index is 0.0596. The summed E-state index contributed by atoms with van der Waals surface area (Å²) in [5, 5.41) is 9.11. The minimum atomic E-state index is -0.539. The molecule has 0 aliphatic carbocycles. The number of amides is 1. The van der Waals surface area contributed by atoms with Crippen LogP contribution in [0.25, 0.3) is 0 Å². The van der Waals surface area contributed by atoms with Crippen molar-refractivity contribution in [2.24, 2.45) is 0 Å². The van der Waals surface area contributed by atoms with Crippen molar-refractivity contribution in [3.05, 3.63) is 24.0 Å². The number of H-pyrrole nitrogens is 1. The molecule has 1 aromatic heterocycles. The summed E-state index contributed by atoms with van der Waals surface area (Å²) in [6, 6.07) is 3.49. The van der Waals surface area contributed by atoms with E-state index < -0.39 is 5.54 Å². The highest BCUT2D eigenvalue weighted by Crippen LogP contribution is 2.14. The fourth-order valence-electron chi connectivity index (χ4n) is 1.03. The van der Waals surface area contributed by atoms with Crippen LogP contribution < -0.4 is 0 Å². The highest BCUT2D eigenvalue weighted by atomic mass is 16.3. The van der Waals surface area contributed by atoms with E-state index in [4.69, 9.17) is 5.11 Å². The van der Waals surface area contributed by atoms with Crippen LogP contribution in [0.2, 0.25) is 0 Å². The molecule has 2 N–H and O–H groups in total. The summed E-state index contributed by atoms with van der Waals surface area (Å²) < 4.78 is 0. The molecule has 0 bridgehead atoms. The fourth-order valence-corrected chi connectivity index (χ4v) is 1.03. The first-order chi connectivity index (χ1) is 6.49. The maximum atomic E-state index is 11.8. The van der Waals surface area contributed by atoms with Gasteiger partial charge in [-0.25, -0.2) is 0 Å². The molecule has 1 rings (SSSR count). The zero-order valence-electron chi connectivity index (χ0n) is 8.74. The van der Waals surface area contributed by atoms with E-state index in [1.54, 1.807) is 25.4 Å². The molecule has 0 aromatic carbocycles. The number of hydrogen-bond acceptors (Lipinski definition) is 2. The lowest BCUT2D eigenvalue weighted by Gasteiger charge is -2.33. The number of carbonyl (C=O) groups is 1. The topological polar surface area (TPSA) is 56.3 Å². The van der Waals surface area contributed by atoms with Crippen molar-refractivity contribution in [2.75, 3.05) is 13.7 Å². The number of nitrogens with zero attached hydrogens (tertiary/aromatic N) is 1. The second-order valence-corrected chi connectivity index (χ2v) is 3.92. The van der Waals surface area contributed by atoms with Gasteiger partial charge in [-0.3, -0.25) is 4.79 Å². The lowest BCUT2D eigenvalue weighted by molar-refractivity contribution is 0.0468. The summed E-state index contributed by atoms with van der Waals surface area (Å²) in [5.74, 6) is -0.117. The maximum absolute atomic E-state index is 11.8. The SMILES string of the molecule is CN(C(=O)c1ccc[nH]1)C(C)(C)CO. The number of aliphatic hydroxyl groups excluding tert-OH is 1. The standard InChI is InChI=1S/C10H16N2O2/c1-10(2,7-13)12(3)9(14)8-5-4-6-11-8/h4-6,11,13H,7H2,1-3H3. The largest absolute Gasteiger partial charge is 0.394 e. The Kier molecular flexibility index (Phi) is 2.96. The summed E-state index contributed by atoms with van der Waals surface area (Å²) in [5.41, 5.74) is -0.00336. The molecule has 0 saturated carbocycles. The average Bonchev–Trinajstić information content (AvgIpc) is 2.68. The molecule has 0 aliphatic rings. The van der Waals surface area contributed by atoms with Gasteiger partial charge < -0.3 is 15.0 Å². The number of aliphatic hydroxyl groups is 1. The van der Waals surface area contributed by atoms with Crippen molar-refractivity contribution in [3.8, 4) is 0 Å². The predicted molar refractivity (Wildman–Crippen MR) is 54.1 cm³/mol. The van der Waals surface area contributed by atoms with Gasteiger partial charge in [-0.2, -0.15) is 0 Å². The maximum Gasteiger partial charge on any atom is 0.270 e. The van der Waals surface area contributed by atoms with Crippen LogP contribution in [0.4, 0.5) is 0 Å². The fraction of sp³-hybridized carbons (Fsp3) is 0.500. The van der Waals surface area contributed by atoms with Crippen LogP contribution in [-0.4, -0.2) is 40.1 Å². The molecule has 0 spiro atoms. The summed E-state index contributed by atoms with van der Waals surface area (Å²) in [7, 11) is 1.68. The van der Waals surface area contributed by atoms with Crippen LogP contribution >= 0.6 is 0 Å². The quantitative estimate of drug-likeness (QED) is 0.753. The number of hydrogen-bond donors (Lipinski definition) is 2. The number of likely N-dealkylation sites (N-methyl/N-ethyl adjacent to an activating group) is 1. The number of rotatable bonds is 3. The first-order valence-corrected chi connectivity index (χ1v) is 4.51. The zero-order chi connectivity index (χ0) is 10.8. The molecule has 0 unspecified atom stereocenters. The molecule has 0 atom stereocenters. The summed E-state index contributed by atoms with van der Waals surface area (Å²) >= 11 is 0. The van der Waals surface area contributed by atoms with E-state index in [1.165, 1.54) is 4.90 Å². The molecular formula is C10H16N2O2.